The van der Waals surface area contributed by atoms with Crippen molar-refractivity contribution in [2.75, 3.05) is 14.1 Å². The molecule has 1 aliphatic carbocycles. The summed E-state index contributed by atoms with van der Waals surface area (Å²) in [5.74, 6) is -0.0913. The number of hydrogen-bond acceptors (Lipinski definition) is 2. The maximum atomic E-state index is 13.4. The Hall–Kier alpha value is -1.71. The molecular weight excluding hydrogens is 313 g/mol. The third-order valence-corrected chi connectivity index (χ3v) is 5.57. The van der Waals surface area contributed by atoms with Crippen LogP contribution in [0.4, 0.5) is 4.39 Å². The number of nitrogens with zero attached hydrogens (tertiary/aromatic N) is 1. The second-order valence-corrected chi connectivity index (χ2v) is 7.58. The standard InChI is InChI=1S/C22H28FNO/c1-24(2)21(18-11-13-19(23)14-12-18)20-10-6-7-15-22(20,25)16-17-8-4-3-5-9-17/h3-5,8-9,11-14,20-21,25H,6-7,10,15-16H2,1-2H3. The molecule has 3 unspecified atom stereocenters. The van der Waals surface area contributed by atoms with Gasteiger partial charge in [-0.25, -0.2) is 4.39 Å². The molecule has 2 nitrogen and oxygen atoms in total. The van der Waals surface area contributed by atoms with Crippen LogP contribution in [0, 0.1) is 11.7 Å². The average Bonchev–Trinajstić information content (AvgIpc) is 2.59. The van der Waals surface area contributed by atoms with Gasteiger partial charge < -0.3 is 10.0 Å². The van der Waals surface area contributed by atoms with E-state index < -0.39 is 5.60 Å². The normalized spacial score (nSPS) is 25.1. The summed E-state index contributed by atoms with van der Waals surface area (Å²) in [6.07, 6.45) is 4.67. The molecule has 2 aromatic carbocycles. The molecule has 0 radical (unpaired) electrons. The van der Waals surface area contributed by atoms with Gasteiger partial charge in [0.1, 0.15) is 5.82 Å². The topological polar surface area (TPSA) is 23.5 Å². The van der Waals surface area contributed by atoms with Gasteiger partial charge in [-0.3, -0.25) is 0 Å². The quantitative estimate of drug-likeness (QED) is 0.860. The average molecular weight is 341 g/mol. The first-order chi connectivity index (χ1) is 12.0. The minimum atomic E-state index is -0.733. The molecule has 3 rings (SSSR count). The second-order valence-electron chi connectivity index (χ2n) is 7.58. The molecule has 1 fully saturated rings. The summed E-state index contributed by atoms with van der Waals surface area (Å²) >= 11 is 0. The highest BCUT2D eigenvalue weighted by atomic mass is 19.1. The van der Waals surface area contributed by atoms with Gasteiger partial charge in [0.05, 0.1) is 5.60 Å². The molecular formula is C22H28FNO. The fourth-order valence-corrected chi connectivity index (χ4v) is 4.42. The molecule has 0 aliphatic heterocycles. The van der Waals surface area contributed by atoms with Crippen molar-refractivity contribution in [1.29, 1.82) is 0 Å². The number of hydrogen-bond donors (Lipinski definition) is 1. The molecule has 0 aromatic heterocycles. The molecule has 0 bridgehead atoms. The van der Waals surface area contributed by atoms with Crippen molar-refractivity contribution in [3.05, 3.63) is 71.5 Å². The van der Waals surface area contributed by atoms with Gasteiger partial charge in [0.2, 0.25) is 0 Å². The predicted molar refractivity (Wildman–Crippen MR) is 99.9 cm³/mol. The summed E-state index contributed by atoms with van der Waals surface area (Å²) in [4.78, 5) is 2.17. The van der Waals surface area contributed by atoms with Crippen LogP contribution in [-0.4, -0.2) is 29.7 Å². The third-order valence-electron chi connectivity index (χ3n) is 5.57. The minimum Gasteiger partial charge on any atom is -0.389 e. The van der Waals surface area contributed by atoms with Crippen LogP contribution in [0.5, 0.6) is 0 Å². The third kappa shape index (κ3) is 4.10. The fraction of sp³-hybridized carbons (Fsp3) is 0.455. The molecule has 0 amide bonds. The molecule has 0 heterocycles. The van der Waals surface area contributed by atoms with Gasteiger partial charge in [-0.2, -0.15) is 0 Å². The Morgan fingerprint density at radius 1 is 1.08 bits per heavy atom. The second kappa shape index (κ2) is 7.67. The van der Waals surface area contributed by atoms with Gasteiger partial charge >= 0.3 is 0 Å². The number of benzene rings is 2. The van der Waals surface area contributed by atoms with Crippen molar-refractivity contribution >= 4 is 0 Å². The zero-order valence-corrected chi connectivity index (χ0v) is 15.2. The van der Waals surface area contributed by atoms with Crippen LogP contribution in [0.2, 0.25) is 0 Å². The summed E-state index contributed by atoms with van der Waals surface area (Å²) in [7, 11) is 4.09. The lowest BCUT2D eigenvalue weighted by Gasteiger charge is -2.46. The summed E-state index contributed by atoms with van der Waals surface area (Å²) < 4.78 is 13.4. The zero-order valence-electron chi connectivity index (χ0n) is 15.2. The van der Waals surface area contributed by atoms with E-state index in [-0.39, 0.29) is 17.8 Å². The SMILES string of the molecule is CN(C)C(c1ccc(F)cc1)C1CCCCC1(O)Cc1ccccc1. The Morgan fingerprint density at radius 2 is 1.76 bits per heavy atom. The lowest BCUT2D eigenvalue weighted by Crippen LogP contribution is -2.48. The van der Waals surface area contributed by atoms with E-state index in [1.54, 1.807) is 0 Å². The summed E-state index contributed by atoms with van der Waals surface area (Å²) in [6, 6.07) is 17.1. The molecule has 1 saturated carbocycles. The van der Waals surface area contributed by atoms with E-state index >= 15 is 0 Å². The van der Waals surface area contributed by atoms with Gasteiger partial charge in [-0.15, -0.1) is 0 Å². The highest BCUT2D eigenvalue weighted by Crippen LogP contribution is 2.45. The van der Waals surface area contributed by atoms with Crippen molar-refractivity contribution < 1.29 is 9.50 Å². The van der Waals surface area contributed by atoms with E-state index in [1.807, 2.05) is 44.4 Å². The van der Waals surface area contributed by atoms with Crippen LogP contribution in [0.3, 0.4) is 0 Å². The van der Waals surface area contributed by atoms with Crippen LogP contribution in [-0.2, 0) is 6.42 Å². The van der Waals surface area contributed by atoms with Crippen molar-refractivity contribution in [1.82, 2.24) is 4.90 Å². The molecule has 1 N–H and O–H groups in total. The first-order valence-electron chi connectivity index (χ1n) is 9.18. The van der Waals surface area contributed by atoms with E-state index in [1.165, 1.54) is 17.7 Å². The lowest BCUT2D eigenvalue weighted by molar-refractivity contribution is -0.0770. The largest absolute Gasteiger partial charge is 0.389 e. The molecule has 1 aliphatic rings. The number of halogens is 1. The lowest BCUT2D eigenvalue weighted by atomic mass is 9.67. The molecule has 3 heteroatoms. The first kappa shape index (κ1) is 18.1. The van der Waals surface area contributed by atoms with E-state index in [4.69, 9.17) is 0 Å². The zero-order chi connectivity index (χ0) is 17.9. The molecule has 134 valence electrons. The first-order valence-corrected chi connectivity index (χ1v) is 9.18. The van der Waals surface area contributed by atoms with Gasteiger partial charge in [-0.05, 0) is 50.2 Å². The predicted octanol–water partition coefficient (Wildman–Crippen LogP) is 4.59. The molecule has 0 saturated heterocycles. The van der Waals surface area contributed by atoms with Crippen molar-refractivity contribution in [3.8, 4) is 0 Å². The smallest absolute Gasteiger partial charge is 0.123 e. The maximum absolute atomic E-state index is 13.4. The molecule has 0 spiro atoms. The van der Waals surface area contributed by atoms with Crippen molar-refractivity contribution in [3.63, 3.8) is 0 Å². The van der Waals surface area contributed by atoms with Crippen LogP contribution >= 0.6 is 0 Å². The van der Waals surface area contributed by atoms with Crippen LogP contribution < -0.4 is 0 Å². The monoisotopic (exact) mass is 341 g/mol. The van der Waals surface area contributed by atoms with Crippen LogP contribution in [0.1, 0.15) is 42.9 Å². The number of rotatable bonds is 5. The minimum absolute atomic E-state index is 0.0783. The Labute approximate surface area is 150 Å². The molecule has 25 heavy (non-hydrogen) atoms. The van der Waals surface area contributed by atoms with Crippen molar-refractivity contribution in [2.24, 2.45) is 5.92 Å². The van der Waals surface area contributed by atoms with Gasteiger partial charge in [0.25, 0.3) is 0 Å². The molecule has 2 aromatic rings. The van der Waals surface area contributed by atoms with E-state index in [2.05, 4.69) is 17.0 Å². The number of aliphatic hydroxyl groups is 1. The van der Waals surface area contributed by atoms with Gasteiger partial charge in [0, 0.05) is 18.4 Å². The highest BCUT2D eigenvalue weighted by Gasteiger charge is 2.44. The fourth-order valence-electron chi connectivity index (χ4n) is 4.42. The molecule has 3 atom stereocenters. The highest BCUT2D eigenvalue weighted by molar-refractivity contribution is 5.24. The maximum Gasteiger partial charge on any atom is 0.123 e. The summed E-state index contributed by atoms with van der Waals surface area (Å²) in [6.45, 7) is 0. The van der Waals surface area contributed by atoms with E-state index in [0.717, 1.165) is 31.2 Å². The van der Waals surface area contributed by atoms with E-state index in [0.29, 0.717) is 6.42 Å². The Kier molecular flexibility index (Phi) is 5.55. The van der Waals surface area contributed by atoms with Crippen LogP contribution in [0.25, 0.3) is 0 Å². The Morgan fingerprint density at radius 3 is 2.40 bits per heavy atom. The Bertz CT molecular complexity index is 670. The van der Waals surface area contributed by atoms with E-state index in [9.17, 15) is 9.50 Å². The van der Waals surface area contributed by atoms with Gasteiger partial charge in [-0.1, -0.05) is 55.3 Å². The van der Waals surface area contributed by atoms with Crippen molar-refractivity contribution in [2.45, 2.75) is 43.7 Å². The van der Waals surface area contributed by atoms with Crippen LogP contribution in [0.15, 0.2) is 54.6 Å². The Balaban J connectivity index is 1.93. The summed E-state index contributed by atoms with van der Waals surface area (Å²) in [5, 5.41) is 11.6. The summed E-state index contributed by atoms with van der Waals surface area (Å²) in [5.41, 5.74) is 1.52. The van der Waals surface area contributed by atoms with Gasteiger partial charge in [0.15, 0.2) is 0 Å².